The molecular weight excluding hydrogens is 1270 g/mol. The second kappa shape index (κ2) is 26.4. The normalized spacial score (nSPS) is 39.2. The number of allylic oxidation sites excluding steroid dienone is 4. The number of nitrogens with zero attached hydrogens (tertiary/aromatic N) is 3. The van der Waals surface area contributed by atoms with E-state index in [0.29, 0.717) is 92.1 Å². The maximum atomic E-state index is 13.7. The first-order valence-electron chi connectivity index (χ1n) is 36.5. The summed E-state index contributed by atoms with van der Waals surface area (Å²) in [6.45, 7) is 17.4. The molecule has 8 aliphatic carbocycles. The number of carbonyl (C=O) groups is 7. The van der Waals surface area contributed by atoms with E-state index in [9.17, 15) is 59.9 Å². The van der Waals surface area contributed by atoms with Crippen molar-refractivity contribution in [3.8, 4) is 0 Å². The molecule has 1 aromatic rings. The number of Topliss-reactive ketones (excluding diaryl/α,β-unsaturated/α-hetero) is 1. The fourth-order valence-corrected chi connectivity index (χ4v) is 22.2. The summed E-state index contributed by atoms with van der Waals surface area (Å²) < 4.78 is 107. The molecule has 0 bridgehead atoms. The number of amides is 5. The van der Waals surface area contributed by atoms with Crippen LogP contribution in [0.4, 0.5) is 35.9 Å². The number of aryl methyl sites for hydroxylation is 1. The monoisotopic (exact) mass is 1370 g/mol. The Kier molecular flexibility index (Phi) is 19.0. The summed E-state index contributed by atoms with van der Waals surface area (Å²) in [5.74, 6) is -2.41. The van der Waals surface area contributed by atoms with Gasteiger partial charge in [-0.25, -0.2) is 9.59 Å². The van der Waals surface area contributed by atoms with Crippen molar-refractivity contribution in [2.24, 2.45) is 70.0 Å². The second-order valence-corrected chi connectivity index (χ2v) is 32.3. The number of hydroxylamine groups is 2. The minimum atomic E-state index is -4.92. The minimum Gasteiger partial charge on any atom is -0.446 e. The first-order chi connectivity index (χ1) is 46.3. The highest BCUT2D eigenvalue weighted by molar-refractivity contribution is 6.01. The number of benzene rings is 1. The van der Waals surface area contributed by atoms with Crippen molar-refractivity contribution < 1.29 is 83.7 Å². The van der Waals surface area contributed by atoms with Crippen LogP contribution in [-0.2, 0) is 54.2 Å². The molecule has 14 rings (SSSR count). The van der Waals surface area contributed by atoms with Gasteiger partial charge in [-0.1, -0.05) is 111 Å². The van der Waals surface area contributed by atoms with Crippen molar-refractivity contribution in [2.45, 2.75) is 257 Å². The van der Waals surface area contributed by atoms with Crippen molar-refractivity contribution in [3.05, 3.63) is 81.5 Å². The molecule has 4 saturated carbocycles. The number of alkyl halides is 6. The molecule has 9 fully saturated rings. The molecule has 5 heterocycles. The van der Waals surface area contributed by atoms with Crippen molar-refractivity contribution in [1.82, 2.24) is 20.2 Å². The van der Waals surface area contributed by atoms with E-state index in [1.54, 1.807) is 0 Å². The molecule has 536 valence electrons. The van der Waals surface area contributed by atoms with Gasteiger partial charge in [0.2, 0.25) is 0 Å². The Balaban J connectivity index is 0.000000178. The molecule has 22 heteroatoms. The highest BCUT2D eigenvalue weighted by Gasteiger charge is 2.66. The predicted octanol–water partition coefficient (Wildman–Crippen LogP) is 14.5. The van der Waals surface area contributed by atoms with Crippen LogP contribution in [0.5, 0.6) is 0 Å². The molecule has 5 aliphatic heterocycles. The first kappa shape index (κ1) is 70.4. The van der Waals surface area contributed by atoms with Gasteiger partial charge in [0, 0.05) is 70.0 Å². The lowest BCUT2D eigenvalue weighted by molar-refractivity contribution is -0.192. The standard InChI is InChI=1S/C42H55F3N2O5.C34H43F3N2O7/c1-25-21-36-37(47(24-25)38(49)42(43,44)45)27(3)41(52-36)19-17-32-33-15-13-29-22-31(16-18-40(29,4)35(33)23-34(32)26(41)2)51-39(50)46-20-8-11-30(48)14-12-28-9-6-5-7-10-28;1-17-13-26-29(38(16-17)30(42)34(35,36)37)19(3)33(45-26)12-10-22-23-6-5-20-14-21(44-31(43)46-39-27(40)7-8-28(39)41)9-11-32(20,4)25(23)15-24(22)18(33)2/h5-7,9-10,13,25,27,31-33,35-37H,8,11-12,14-24H2,1-4H3,(H,46,50);5,17,19,21-23,25-26,29H,6-16H2,1-4H3/t25-,27+,31-,32-,33-,35-,36+,37-,40-,41-;17-,19+,21-,22-,23-,25-,26+,29-,32-,33-/m00/s1. The van der Waals surface area contributed by atoms with Crippen LogP contribution < -0.4 is 5.32 Å². The summed E-state index contributed by atoms with van der Waals surface area (Å²) >= 11 is 0. The average Bonchev–Trinajstić information content (AvgIpc) is 1.55. The van der Waals surface area contributed by atoms with E-state index < -0.39 is 89.8 Å². The number of halogens is 6. The zero-order valence-corrected chi connectivity index (χ0v) is 58.0. The molecule has 0 unspecified atom stereocenters. The number of imide groups is 1. The van der Waals surface area contributed by atoms with Gasteiger partial charge in [0.05, 0.1) is 35.5 Å². The van der Waals surface area contributed by atoms with Gasteiger partial charge in [0.15, 0.2) is 0 Å². The summed E-state index contributed by atoms with van der Waals surface area (Å²) in [5.41, 5.74) is 7.53. The Labute approximate surface area is 571 Å². The van der Waals surface area contributed by atoms with Gasteiger partial charge in [-0.2, -0.15) is 26.3 Å². The SMILES string of the molecule is CC1=C2C[C@H]3[C@@H](CC=C4C[C@@H](OC(=O)NCCCC(=O)CCc5ccccc5)CC[C@@]43C)[C@@H]2CC[C@]12O[C@@H]1C[C@H](C)CN(C(=O)C(F)(F)F)[C@H]1[C@H]2C.CC1=C2C[C@H]3[C@@H](CC=C4C[C@@H](OC(=O)ON5C(=O)CCC5=O)CC[C@@]43C)[C@@H]2CC[C@]12O[C@@H]1C[C@H](C)CN(C(=O)C(F)(F)F)[C@H]1[C@H]2C. The van der Waals surface area contributed by atoms with Crippen LogP contribution >= 0.6 is 0 Å². The Morgan fingerprint density at radius 1 is 0.622 bits per heavy atom. The fourth-order valence-electron chi connectivity index (χ4n) is 22.2. The number of carbonyl (C=O) groups excluding carboxylic acids is 7. The van der Waals surface area contributed by atoms with Gasteiger partial charge in [0.25, 0.3) is 11.8 Å². The number of fused-ring (bicyclic) bond motifs is 12. The summed E-state index contributed by atoms with van der Waals surface area (Å²) in [6, 6.07) is 8.79. The minimum absolute atomic E-state index is 0.00135. The number of hydrogen-bond donors (Lipinski definition) is 1. The molecular formula is C76H98F6N4O12. The van der Waals surface area contributed by atoms with Gasteiger partial charge in [0.1, 0.15) is 18.0 Å². The maximum Gasteiger partial charge on any atom is 0.534 e. The van der Waals surface area contributed by atoms with Gasteiger partial charge < -0.3 is 34.1 Å². The van der Waals surface area contributed by atoms with Gasteiger partial charge in [-0.15, -0.1) is 0 Å². The molecule has 98 heavy (non-hydrogen) atoms. The molecule has 5 amide bonds. The topological polar surface area (TPSA) is 187 Å². The fraction of sp³-hybridized carbons (Fsp3) is 0.724. The first-order valence-corrected chi connectivity index (χ1v) is 36.5. The summed E-state index contributed by atoms with van der Waals surface area (Å²) in [6.07, 6.45) is 7.18. The quantitative estimate of drug-likeness (QED) is 0.0769. The molecule has 1 N–H and O–H groups in total. The number of piperidine rings is 2. The van der Waals surface area contributed by atoms with Gasteiger partial charge in [-0.3, -0.25) is 28.8 Å². The number of likely N-dealkylation sites (tertiary alicyclic amines) is 2. The predicted molar refractivity (Wildman–Crippen MR) is 347 cm³/mol. The maximum absolute atomic E-state index is 13.7. The average molecular weight is 1370 g/mol. The molecule has 2 spiro atoms. The molecule has 16 nitrogen and oxygen atoms in total. The third kappa shape index (κ3) is 12.5. The van der Waals surface area contributed by atoms with Gasteiger partial charge in [-0.05, 0) is 191 Å². The molecule has 20 atom stereocenters. The third-order valence-electron chi connectivity index (χ3n) is 27.1. The van der Waals surface area contributed by atoms with Crippen LogP contribution in [0.2, 0.25) is 0 Å². The third-order valence-corrected chi connectivity index (χ3v) is 27.1. The Bertz CT molecular complexity index is 3460. The van der Waals surface area contributed by atoms with Crippen LogP contribution in [-0.4, -0.2) is 136 Å². The zero-order chi connectivity index (χ0) is 69.9. The van der Waals surface area contributed by atoms with Crippen LogP contribution in [0, 0.1) is 70.0 Å². The number of rotatable bonds is 10. The number of nitrogens with one attached hydrogen (secondary N) is 1. The van der Waals surface area contributed by atoms with Crippen molar-refractivity contribution in [2.75, 3.05) is 19.6 Å². The largest absolute Gasteiger partial charge is 0.534 e. The van der Waals surface area contributed by atoms with E-state index in [1.165, 1.54) is 27.9 Å². The molecule has 0 radical (unpaired) electrons. The lowest BCUT2D eigenvalue weighted by Gasteiger charge is -2.49. The van der Waals surface area contributed by atoms with E-state index in [1.807, 2.05) is 58.0 Å². The Morgan fingerprint density at radius 2 is 1.09 bits per heavy atom. The van der Waals surface area contributed by atoms with E-state index in [-0.39, 0.29) is 72.3 Å². The highest BCUT2D eigenvalue weighted by atomic mass is 19.4. The molecule has 0 aromatic heterocycles. The summed E-state index contributed by atoms with van der Waals surface area (Å²) in [5, 5.41) is 3.35. The molecule has 13 aliphatic rings. The number of ether oxygens (including phenoxy) is 4. The number of ketones is 1. The second-order valence-electron chi connectivity index (χ2n) is 32.3. The van der Waals surface area contributed by atoms with E-state index in [0.717, 1.165) is 104 Å². The number of hydrogen-bond acceptors (Lipinski definition) is 12. The van der Waals surface area contributed by atoms with E-state index in [2.05, 4.69) is 45.2 Å². The Hall–Kier alpha value is -6.03. The smallest absolute Gasteiger partial charge is 0.446 e. The molecule has 1 aromatic carbocycles. The molecule has 5 saturated heterocycles. The van der Waals surface area contributed by atoms with E-state index >= 15 is 0 Å². The van der Waals surface area contributed by atoms with Crippen LogP contribution in [0.3, 0.4) is 0 Å². The van der Waals surface area contributed by atoms with E-state index in [4.69, 9.17) is 23.8 Å². The van der Waals surface area contributed by atoms with Crippen LogP contribution in [0.25, 0.3) is 0 Å². The van der Waals surface area contributed by atoms with Crippen LogP contribution in [0.1, 0.15) is 196 Å². The van der Waals surface area contributed by atoms with Crippen molar-refractivity contribution in [1.29, 1.82) is 0 Å². The summed E-state index contributed by atoms with van der Waals surface area (Å²) in [7, 11) is 0. The van der Waals surface area contributed by atoms with Crippen molar-refractivity contribution in [3.63, 3.8) is 0 Å². The lowest BCUT2D eigenvalue weighted by Crippen LogP contribution is -2.57. The van der Waals surface area contributed by atoms with Crippen molar-refractivity contribution >= 4 is 41.7 Å². The zero-order valence-electron chi connectivity index (χ0n) is 58.0. The summed E-state index contributed by atoms with van der Waals surface area (Å²) in [4.78, 5) is 93.5. The Morgan fingerprint density at radius 3 is 1.56 bits per heavy atom. The highest BCUT2D eigenvalue weighted by Crippen LogP contribution is 2.68. The number of alkyl carbamates (subject to hydrolysis) is 1. The lowest BCUT2D eigenvalue weighted by atomic mass is 9.56. The van der Waals surface area contributed by atoms with Crippen LogP contribution in [0.15, 0.2) is 75.9 Å². The van der Waals surface area contributed by atoms with Gasteiger partial charge >= 0.3 is 36.4 Å².